The summed E-state index contributed by atoms with van der Waals surface area (Å²) in [4.78, 5) is 22.4. The monoisotopic (exact) mass is 499 g/mol. The Labute approximate surface area is 225 Å². The van der Waals surface area contributed by atoms with Crippen LogP contribution in [0, 0.1) is 0 Å². The molecule has 0 radical (unpaired) electrons. The predicted molar refractivity (Wildman–Crippen MR) is 157 cm³/mol. The first-order valence-electron chi connectivity index (χ1n) is 12.9. The van der Waals surface area contributed by atoms with Crippen molar-refractivity contribution in [2.24, 2.45) is 0 Å². The molecule has 8 rings (SSSR count). The fraction of sp³-hybridized carbons (Fsp3) is 0. The highest BCUT2D eigenvalue weighted by Gasteiger charge is 2.30. The zero-order valence-corrected chi connectivity index (χ0v) is 20.9. The van der Waals surface area contributed by atoms with Gasteiger partial charge in [0.25, 0.3) is 0 Å². The molecule has 0 spiro atoms. The van der Waals surface area contributed by atoms with Crippen LogP contribution < -0.4 is 4.90 Å². The molecule has 1 aliphatic heterocycles. The minimum atomic E-state index is 0.665. The maximum Gasteiger partial charge on any atom is 0.162 e. The minimum absolute atomic E-state index is 0.665. The first kappa shape index (κ1) is 21.6. The van der Waals surface area contributed by atoms with E-state index < -0.39 is 0 Å². The summed E-state index contributed by atoms with van der Waals surface area (Å²) in [5, 5.41) is 3.26. The van der Waals surface area contributed by atoms with Crippen LogP contribution in [-0.4, -0.2) is 19.9 Å². The topological polar surface area (TPSA) is 54.8 Å². The molecular formula is C34H21N5. The van der Waals surface area contributed by atoms with Gasteiger partial charge in [-0.3, -0.25) is 9.88 Å². The summed E-state index contributed by atoms with van der Waals surface area (Å²) in [7, 11) is 0. The average Bonchev–Trinajstić information content (AvgIpc) is 3.02. The van der Waals surface area contributed by atoms with E-state index >= 15 is 0 Å². The maximum absolute atomic E-state index is 5.22. The van der Waals surface area contributed by atoms with Gasteiger partial charge in [-0.05, 0) is 23.6 Å². The highest BCUT2D eigenvalue weighted by atomic mass is 15.3. The normalized spacial score (nSPS) is 12.1. The van der Waals surface area contributed by atoms with Crippen LogP contribution in [0.1, 0.15) is 0 Å². The van der Waals surface area contributed by atoms with Gasteiger partial charge in [0.1, 0.15) is 11.6 Å². The summed E-state index contributed by atoms with van der Waals surface area (Å²) in [6, 6.07) is 41.1. The molecule has 4 heterocycles. The molecule has 5 nitrogen and oxygen atoms in total. The smallest absolute Gasteiger partial charge is 0.162 e. The lowest BCUT2D eigenvalue weighted by atomic mass is 9.96. The second-order valence-corrected chi connectivity index (χ2v) is 9.55. The standard InChI is InChI=1S/C34H21N5/c1-3-11-22(12-4-1)28-21-30(38-33(36-28)23-13-5-2-6-14-23)39-29-18-10-8-16-26(29)32-31-25(19-20-35-32)24-15-7-9-17-27(24)37-34(31)39/h1-21H. The molecule has 0 saturated heterocycles. The van der Waals surface area contributed by atoms with Crippen LogP contribution in [0.25, 0.3) is 55.6 Å². The van der Waals surface area contributed by atoms with Crippen LogP contribution in [0.15, 0.2) is 128 Å². The van der Waals surface area contributed by atoms with E-state index in [0.29, 0.717) is 5.82 Å². The van der Waals surface area contributed by atoms with E-state index in [4.69, 9.17) is 19.9 Å². The third kappa shape index (κ3) is 3.41. The zero-order chi connectivity index (χ0) is 25.8. The van der Waals surface area contributed by atoms with Crippen molar-refractivity contribution < 1.29 is 0 Å². The van der Waals surface area contributed by atoms with Gasteiger partial charge in [-0.1, -0.05) is 97.1 Å². The molecule has 5 heteroatoms. The first-order chi connectivity index (χ1) is 19.3. The molecule has 1 aliphatic rings. The van der Waals surface area contributed by atoms with Crippen LogP contribution in [0.4, 0.5) is 17.3 Å². The van der Waals surface area contributed by atoms with Crippen molar-refractivity contribution in [2.45, 2.75) is 0 Å². The van der Waals surface area contributed by atoms with Crippen LogP contribution >= 0.6 is 0 Å². The lowest BCUT2D eigenvalue weighted by Crippen LogP contribution is -2.19. The Balaban J connectivity index is 1.48. The largest absolute Gasteiger partial charge is 0.278 e. The van der Waals surface area contributed by atoms with Crippen molar-refractivity contribution in [3.05, 3.63) is 128 Å². The molecule has 0 atom stereocenters. The molecule has 0 bridgehead atoms. The molecule has 0 N–H and O–H groups in total. The van der Waals surface area contributed by atoms with E-state index in [2.05, 4.69) is 71.6 Å². The molecule has 0 fully saturated rings. The van der Waals surface area contributed by atoms with Crippen molar-refractivity contribution in [2.75, 3.05) is 4.90 Å². The number of benzene rings is 4. The van der Waals surface area contributed by atoms with Gasteiger partial charge in [0.05, 0.1) is 28.0 Å². The summed E-state index contributed by atoms with van der Waals surface area (Å²) in [6.45, 7) is 0. The number of anilines is 3. The Bertz CT molecular complexity index is 1960. The first-order valence-corrected chi connectivity index (χ1v) is 12.9. The number of aromatic nitrogens is 4. The average molecular weight is 500 g/mol. The van der Waals surface area contributed by atoms with Gasteiger partial charge in [-0.25, -0.2) is 15.0 Å². The number of hydrogen-bond acceptors (Lipinski definition) is 5. The molecule has 182 valence electrons. The van der Waals surface area contributed by atoms with E-state index in [9.17, 15) is 0 Å². The van der Waals surface area contributed by atoms with Gasteiger partial charge in [0, 0.05) is 34.3 Å². The quantitative estimate of drug-likeness (QED) is 0.229. The molecule has 0 unspecified atom stereocenters. The van der Waals surface area contributed by atoms with Crippen LogP contribution in [-0.2, 0) is 0 Å². The van der Waals surface area contributed by atoms with E-state index in [-0.39, 0.29) is 0 Å². The maximum atomic E-state index is 5.22. The number of pyridine rings is 2. The molecular weight excluding hydrogens is 478 g/mol. The lowest BCUT2D eigenvalue weighted by molar-refractivity contribution is 1.10. The van der Waals surface area contributed by atoms with Crippen molar-refractivity contribution in [1.29, 1.82) is 0 Å². The fourth-order valence-corrected chi connectivity index (χ4v) is 5.48. The summed E-state index contributed by atoms with van der Waals surface area (Å²) in [5.74, 6) is 2.24. The Morgan fingerprint density at radius 1 is 0.564 bits per heavy atom. The molecule has 0 aliphatic carbocycles. The Morgan fingerprint density at radius 3 is 2.13 bits per heavy atom. The summed E-state index contributed by atoms with van der Waals surface area (Å²) in [6.07, 6.45) is 1.89. The summed E-state index contributed by atoms with van der Waals surface area (Å²) < 4.78 is 0. The van der Waals surface area contributed by atoms with Crippen LogP contribution in [0.3, 0.4) is 0 Å². The lowest BCUT2D eigenvalue weighted by Gasteiger charge is -2.31. The van der Waals surface area contributed by atoms with Crippen molar-refractivity contribution in [3.8, 4) is 33.9 Å². The van der Waals surface area contributed by atoms with E-state index in [1.54, 1.807) is 0 Å². The molecule has 7 aromatic rings. The number of rotatable bonds is 3. The Kier molecular flexibility index (Phi) is 4.76. The van der Waals surface area contributed by atoms with E-state index in [1.807, 2.05) is 60.8 Å². The van der Waals surface area contributed by atoms with E-state index in [0.717, 1.165) is 67.1 Å². The second-order valence-electron chi connectivity index (χ2n) is 9.55. The van der Waals surface area contributed by atoms with Crippen molar-refractivity contribution in [3.63, 3.8) is 0 Å². The summed E-state index contributed by atoms with van der Waals surface area (Å²) >= 11 is 0. The number of hydrogen-bond donors (Lipinski definition) is 0. The third-order valence-corrected chi connectivity index (χ3v) is 7.25. The highest BCUT2D eigenvalue weighted by Crippen LogP contribution is 2.50. The molecule has 4 aromatic carbocycles. The molecule has 0 saturated carbocycles. The number of para-hydroxylation sites is 2. The van der Waals surface area contributed by atoms with Gasteiger partial charge < -0.3 is 0 Å². The van der Waals surface area contributed by atoms with Gasteiger partial charge >= 0.3 is 0 Å². The number of fused-ring (bicyclic) bond motifs is 4. The summed E-state index contributed by atoms with van der Waals surface area (Å²) in [5.41, 5.74) is 6.75. The second kappa shape index (κ2) is 8.57. The van der Waals surface area contributed by atoms with E-state index in [1.165, 1.54) is 0 Å². The highest BCUT2D eigenvalue weighted by molar-refractivity contribution is 6.19. The van der Waals surface area contributed by atoms with Gasteiger partial charge in [-0.2, -0.15) is 0 Å². The predicted octanol–water partition coefficient (Wildman–Crippen LogP) is 8.36. The zero-order valence-electron chi connectivity index (χ0n) is 20.9. The molecule has 3 aromatic heterocycles. The molecule has 0 amide bonds. The minimum Gasteiger partial charge on any atom is -0.278 e. The number of nitrogens with zero attached hydrogens (tertiary/aromatic N) is 5. The van der Waals surface area contributed by atoms with Crippen LogP contribution in [0.5, 0.6) is 0 Å². The van der Waals surface area contributed by atoms with Gasteiger partial charge in [0.2, 0.25) is 0 Å². The Hall–Kier alpha value is -5.42. The Morgan fingerprint density at radius 2 is 1.28 bits per heavy atom. The van der Waals surface area contributed by atoms with Crippen LogP contribution in [0.2, 0.25) is 0 Å². The van der Waals surface area contributed by atoms with Crippen molar-refractivity contribution in [1.82, 2.24) is 19.9 Å². The SMILES string of the molecule is c1ccc(-c2cc(N3c4ccccc4-c4nccc5c4c3nc3ccccc35)nc(-c3ccccc3)n2)cc1. The van der Waals surface area contributed by atoms with Crippen molar-refractivity contribution >= 4 is 39.0 Å². The molecule has 39 heavy (non-hydrogen) atoms. The third-order valence-electron chi connectivity index (χ3n) is 7.25. The fourth-order valence-electron chi connectivity index (χ4n) is 5.48. The van der Waals surface area contributed by atoms with Gasteiger partial charge in [0.15, 0.2) is 5.82 Å². The van der Waals surface area contributed by atoms with Gasteiger partial charge in [-0.15, -0.1) is 0 Å².